The first-order chi connectivity index (χ1) is 9.75. The maximum Gasteiger partial charge on any atom is 0.198 e. The Balaban J connectivity index is 1.93. The van der Waals surface area contributed by atoms with Crippen LogP contribution in [0.1, 0.15) is 24.1 Å². The molecule has 1 heterocycles. The second-order valence-corrected chi connectivity index (χ2v) is 4.80. The Morgan fingerprint density at radius 2 is 1.75 bits per heavy atom. The number of benzene rings is 2. The van der Waals surface area contributed by atoms with E-state index in [9.17, 15) is 5.11 Å². The van der Waals surface area contributed by atoms with E-state index < -0.39 is 0 Å². The Labute approximate surface area is 117 Å². The highest BCUT2D eigenvalue weighted by molar-refractivity contribution is 6.01. The number of rotatable bonds is 3. The van der Waals surface area contributed by atoms with Crippen molar-refractivity contribution in [3.05, 3.63) is 65.7 Å². The summed E-state index contributed by atoms with van der Waals surface area (Å²) in [5.41, 5.74) is 2.81. The summed E-state index contributed by atoms with van der Waals surface area (Å²) < 4.78 is 0. The van der Waals surface area contributed by atoms with Gasteiger partial charge in [-0.3, -0.25) is 4.99 Å². The highest BCUT2D eigenvalue weighted by Gasteiger charge is 2.08. The lowest BCUT2D eigenvalue weighted by atomic mass is 10.1. The number of H-pyrrole nitrogens is 1. The van der Waals surface area contributed by atoms with Gasteiger partial charge in [0.25, 0.3) is 0 Å². The minimum atomic E-state index is 0.0595. The molecule has 20 heavy (non-hydrogen) atoms. The van der Waals surface area contributed by atoms with Crippen molar-refractivity contribution in [2.24, 2.45) is 4.99 Å². The fourth-order valence-corrected chi connectivity index (χ4v) is 2.28. The summed E-state index contributed by atoms with van der Waals surface area (Å²) in [4.78, 5) is 7.50. The molecule has 3 nitrogen and oxygen atoms in total. The number of hydrogen-bond donors (Lipinski definition) is 2. The molecule has 0 aliphatic rings. The summed E-state index contributed by atoms with van der Waals surface area (Å²) in [6, 6.07) is 18.0. The number of nitrogens with zero attached hydrogens (tertiary/aromatic N) is 1. The third kappa shape index (κ3) is 2.30. The number of hydrogen-bond acceptors (Lipinski definition) is 2. The van der Waals surface area contributed by atoms with Gasteiger partial charge in [0.2, 0.25) is 0 Å². The molecule has 0 bridgehead atoms. The molecule has 3 rings (SSSR count). The molecule has 2 aromatic carbocycles. The summed E-state index contributed by atoms with van der Waals surface area (Å²) in [6.45, 7) is 2.04. The lowest BCUT2D eigenvalue weighted by molar-refractivity contribution is 0.457. The van der Waals surface area contributed by atoms with Crippen molar-refractivity contribution in [1.29, 1.82) is 0 Å². The molecule has 0 amide bonds. The standard InChI is InChI=1S/C17H16N2O/c1-12(13-7-3-2-4-8-13)18-11-15-14-9-5-6-10-16(14)19-17(15)20/h2-12,19-20H,1H3/t12-/m1/s1. The Morgan fingerprint density at radius 3 is 2.55 bits per heavy atom. The normalized spacial score (nSPS) is 13.1. The smallest absolute Gasteiger partial charge is 0.198 e. The molecule has 0 spiro atoms. The zero-order valence-electron chi connectivity index (χ0n) is 11.2. The molecular formula is C17H16N2O. The Kier molecular flexibility index (Phi) is 3.25. The first-order valence-electron chi connectivity index (χ1n) is 6.63. The zero-order chi connectivity index (χ0) is 13.9. The van der Waals surface area contributed by atoms with Crippen molar-refractivity contribution in [2.45, 2.75) is 13.0 Å². The van der Waals surface area contributed by atoms with Gasteiger partial charge in [-0.15, -0.1) is 0 Å². The summed E-state index contributed by atoms with van der Waals surface area (Å²) in [6.07, 6.45) is 1.74. The minimum absolute atomic E-state index is 0.0595. The van der Waals surface area contributed by atoms with Crippen LogP contribution in [0.3, 0.4) is 0 Å². The van der Waals surface area contributed by atoms with Crippen molar-refractivity contribution in [3.63, 3.8) is 0 Å². The van der Waals surface area contributed by atoms with Crippen LogP contribution < -0.4 is 0 Å². The van der Waals surface area contributed by atoms with E-state index in [1.54, 1.807) is 6.21 Å². The number of aliphatic imine (C=N–C) groups is 1. The fourth-order valence-electron chi connectivity index (χ4n) is 2.28. The molecule has 1 aromatic heterocycles. The van der Waals surface area contributed by atoms with Crippen molar-refractivity contribution in [3.8, 4) is 5.88 Å². The average molecular weight is 264 g/mol. The van der Waals surface area contributed by atoms with Crippen LogP contribution in [0.25, 0.3) is 10.9 Å². The van der Waals surface area contributed by atoms with Gasteiger partial charge in [-0.25, -0.2) is 0 Å². The van der Waals surface area contributed by atoms with Gasteiger partial charge in [0.1, 0.15) is 0 Å². The van der Waals surface area contributed by atoms with Crippen LogP contribution in [0, 0.1) is 0 Å². The molecule has 0 aliphatic heterocycles. The predicted molar refractivity (Wildman–Crippen MR) is 82.4 cm³/mol. The molecule has 0 fully saturated rings. The third-order valence-electron chi connectivity index (χ3n) is 3.43. The molecule has 3 heteroatoms. The Morgan fingerprint density at radius 1 is 1.05 bits per heavy atom. The topological polar surface area (TPSA) is 48.4 Å². The van der Waals surface area contributed by atoms with E-state index in [4.69, 9.17) is 0 Å². The van der Waals surface area contributed by atoms with Gasteiger partial charge in [0, 0.05) is 17.1 Å². The summed E-state index contributed by atoms with van der Waals surface area (Å²) in [7, 11) is 0. The van der Waals surface area contributed by atoms with Crippen molar-refractivity contribution < 1.29 is 5.11 Å². The fraction of sp³-hybridized carbons (Fsp3) is 0.118. The second kappa shape index (κ2) is 5.21. The minimum Gasteiger partial charge on any atom is -0.494 e. The first kappa shape index (κ1) is 12.5. The van der Waals surface area contributed by atoms with Crippen LogP contribution in [0.15, 0.2) is 59.6 Å². The van der Waals surface area contributed by atoms with Crippen LogP contribution in [0.5, 0.6) is 5.88 Å². The highest BCUT2D eigenvalue weighted by Crippen LogP contribution is 2.26. The molecule has 2 N–H and O–H groups in total. The summed E-state index contributed by atoms with van der Waals surface area (Å²) in [5.74, 6) is 0.162. The maximum absolute atomic E-state index is 9.97. The maximum atomic E-state index is 9.97. The lowest BCUT2D eigenvalue weighted by Gasteiger charge is -2.05. The number of para-hydroxylation sites is 1. The molecule has 0 aliphatic carbocycles. The van der Waals surface area contributed by atoms with Gasteiger partial charge in [-0.05, 0) is 18.6 Å². The van der Waals surface area contributed by atoms with E-state index in [1.807, 2.05) is 49.4 Å². The third-order valence-corrected chi connectivity index (χ3v) is 3.43. The van der Waals surface area contributed by atoms with Gasteiger partial charge >= 0.3 is 0 Å². The summed E-state index contributed by atoms with van der Waals surface area (Å²) >= 11 is 0. The van der Waals surface area contributed by atoms with Crippen LogP contribution in [0.2, 0.25) is 0 Å². The SMILES string of the molecule is C[C@@H](N=Cc1c(O)[nH]c2ccccc12)c1ccccc1. The number of aromatic hydroxyl groups is 1. The van der Waals surface area contributed by atoms with E-state index >= 15 is 0 Å². The molecule has 0 unspecified atom stereocenters. The van der Waals surface area contributed by atoms with Gasteiger partial charge < -0.3 is 10.1 Å². The van der Waals surface area contributed by atoms with E-state index in [2.05, 4.69) is 22.1 Å². The summed E-state index contributed by atoms with van der Waals surface area (Å²) in [5, 5.41) is 11.0. The Bertz CT molecular complexity index is 744. The molecular weight excluding hydrogens is 248 g/mol. The quantitative estimate of drug-likeness (QED) is 0.689. The van der Waals surface area contributed by atoms with Crippen LogP contribution in [-0.2, 0) is 0 Å². The zero-order valence-corrected chi connectivity index (χ0v) is 11.2. The van der Waals surface area contributed by atoms with E-state index in [0.717, 1.165) is 22.0 Å². The first-order valence-corrected chi connectivity index (χ1v) is 6.63. The van der Waals surface area contributed by atoms with Gasteiger partial charge in [0.05, 0.1) is 11.6 Å². The number of fused-ring (bicyclic) bond motifs is 1. The van der Waals surface area contributed by atoms with Gasteiger partial charge in [0.15, 0.2) is 5.88 Å². The number of aromatic amines is 1. The molecule has 100 valence electrons. The second-order valence-electron chi connectivity index (χ2n) is 4.80. The molecule has 0 saturated heterocycles. The lowest BCUT2D eigenvalue weighted by Crippen LogP contribution is -1.90. The van der Waals surface area contributed by atoms with Crippen LogP contribution in [0.4, 0.5) is 0 Å². The molecule has 3 aromatic rings. The van der Waals surface area contributed by atoms with E-state index in [1.165, 1.54) is 0 Å². The van der Waals surface area contributed by atoms with Gasteiger partial charge in [-0.1, -0.05) is 48.5 Å². The van der Waals surface area contributed by atoms with Crippen molar-refractivity contribution in [1.82, 2.24) is 4.98 Å². The molecule has 0 radical (unpaired) electrons. The average Bonchev–Trinajstić information content (AvgIpc) is 2.81. The van der Waals surface area contributed by atoms with E-state index in [0.29, 0.717) is 0 Å². The van der Waals surface area contributed by atoms with E-state index in [-0.39, 0.29) is 11.9 Å². The van der Waals surface area contributed by atoms with Crippen molar-refractivity contribution >= 4 is 17.1 Å². The van der Waals surface area contributed by atoms with Crippen LogP contribution >= 0.6 is 0 Å². The number of nitrogens with one attached hydrogen (secondary N) is 1. The van der Waals surface area contributed by atoms with Crippen molar-refractivity contribution in [2.75, 3.05) is 0 Å². The monoisotopic (exact) mass is 264 g/mol. The molecule has 0 saturated carbocycles. The Hall–Kier alpha value is -2.55. The van der Waals surface area contributed by atoms with Gasteiger partial charge in [-0.2, -0.15) is 0 Å². The molecule has 1 atom stereocenters. The number of aromatic nitrogens is 1. The predicted octanol–water partition coefficient (Wildman–Crippen LogP) is 4.05. The van der Waals surface area contributed by atoms with Crippen LogP contribution in [-0.4, -0.2) is 16.3 Å². The highest BCUT2D eigenvalue weighted by atomic mass is 16.3. The largest absolute Gasteiger partial charge is 0.494 e.